The molecule has 10 nitrogen and oxygen atoms in total. The lowest BCUT2D eigenvalue weighted by Gasteiger charge is -2.27. The van der Waals surface area contributed by atoms with Crippen LogP contribution in [0.2, 0.25) is 0 Å². The van der Waals surface area contributed by atoms with Crippen molar-refractivity contribution in [1.82, 2.24) is 0 Å². The van der Waals surface area contributed by atoms with Crippen LogP contribution in [-0.4, -0.2) is 97.5 Å². The molecule has 0 amide bonds. The van der Waals surface area contributed by atoms with E-state index in [1.807, 2.05) is 0 Å². The third-order valence-corrected chi connectivity index (χ3v) is 4.35. The molecule has 0 aromatic rings. The van der Waals surface area contributed by atoms with Gasteiger partial charge in [0.25, 0.3) is 0 Å². The third kappa shape index (κ3) is 4.52. The minimum Gasteiger partial charge on any atom is -0.433 e. The molecule has 2 aliphatic rings. The van der Waals surface area contributed by atoms with Gasteiger partial charge < -0.3 is 42.6 Å². The smallest absolute Gasteiger partial charge is 0.305 e. The van der Waals surface area contributed by atoms with E-state index in [4.69, 9.17) is 42.6 Å². The molecule has 0 aromatic heterocycles. The number of carbonyl (C=O) groups excluding carboxylic acids is 1. The average Bonchev–Trinajstić information content (AvgIpc) is 3.12. The largest absolute Gasteiger partial charge is 0.433 e. The fraction of sp³-hybridized carbons (Fsp3) is 0.938. The quantitative estimate of drug-likeness (QED) is 0.495. The molecule has 0 bridgehead atoms. The highest BCUT2D eigenvalue weighted by Gasteiger charge is 2.53. The summed E-state index contributed by atoms with van der Waals surface area (Å²) in [5, 5.41) is 0. The molecule has 0 unspecified atom stereocenters. The maximum atomic E-state index is 11.4. The maximum Gasteiger partial charge on any atom is 0.305 e. The fourth-order valence-electron chi connectivity index (χ4n) is 3.22. The van der Waals surface area contributed by atoms with E-state index in [0.717, 1.165) is 0 Å². The van der Waals surface area contributed by atoms with Crippen LogP contribution < -0.4 is 0 Å². The first-order valence-corrected chi connectivity index (χ1v) is 8.24. The zero-order chi connectivity index (χ0) is 19.3. The Morgan fingerprint density at radius 2 is 1.38 bits per heavy atom. The van der Waals surface area contributed by atoms with Crippen molar-refractivity contribution < 1.29 is 47.4 Å². The molecule has 0 radical (unpaired) electrons. The molecule has 0 saturated carbocycles. The van der Waals surface area contributed by atoms with E-state index in [1.165, 1.54) is 28.3 Å². The van der Waals surface area contributed by atoms with Crippen LogP contribution >= 0.6 is 0 Å². The molecule has 0 N–H and O–H groups in total. The van der Waals surface area contributed by atoms with Gasteiger partial charge in [-0.3, -0.25) is 4.79 Å². The first-order chi connectivity index (χ1) is 12.5. The Morgan fingerprint density at radius 3 is 1.88 bits per heavy atom. The van der Waals surface area contributed by atoms with Crippen molar-refractivity contribution in [3.63, 3.8) is 0 Å². The molecule has 26 heavy (non-hydrogen) atoms. The second kappa shape index (κ2) is 9.90. The van der Waals surface area contributed by atoms with Gasteiger partial charge in [0.15, 0.2) is 18.7 Å². The van der Waals surface area contributed by atoms with E-state index < -0.39 is 49.3 Å². The lowest BCUT2D eigenvalue weighted by Crippen LogP contribution is -2.45. The van der Waals surface area contributed by atoms with Crippen molar-refractivity contribution in [3.8, 4) is 0 Å². The summed E-state index contributed by atoms with van der Waals surface area (Å²) in [7, 11) is 7.61. The van der Waals surface area contributed by atoms with Gasteiger partial charge in [-0.05, 0) is 0 Å². The Hall–Kier alpha value is -0.850. The third-order valence-electron chi connectivity index (χ3n) is 4.35. The standard InChI is InChI=1S/C16H28O10/c1-8(17)23-16-13(12(21-5)14(22-6)26-16)25-15-11(20-4)10(19-3)9(24-15)7-18-2/h9-16H,7H2,1-6H3/t9-,10-,11-,12-,13+,14-,15+,16+/m1/s1. The zero-order valence-corrected chi connectivity index (χ0v) is 15.9. The van der Waals surface area contributed by atoms with Crippen molar-refractivity contribution in [2.75, 3.05) is 42.2 Å². The van der Waals surface area contributed by atoms with Crippen LogP contribution in [0.4, 0.5) is 0 Å². The number of rotatable bonds is 9. The molecule has 0 spiro atoms. The van der Waals surface area contributed by atoms with Gasteiger partial charge in [-0.1, -0.05) is 0 Å². The van der Waals surface area contributed by atoms with Crippen LogP contribution in [0.15, 0.2) is 0 Å². The highest BCUT2D eigenvalue weighted by molar-refractivity contribution is 5.66. The lowest BCUT2D eigenvalue weighted by molar-refractivity contribution is -0.249. The Kier molecular flexibility index (Phi) is 8.17. The van der Waals surface area contributed by atoms with E-state index in [9.17, 15) is 4.79 Å². The van der Waals surface area contributed by atoms with Gasteiger partial charge >= 0.3 is 5.97 Å². The number of carbonyl (C=O) groups is 1. The van der Waals surface area contributed by atoms with Crippen molar-refractivity contribution in [3.05, 3.63) is 0 Å². The number of methoxy groups -OCH3 is 5. The summed E-state index contributed by atoms with van der Waals surface area (Å²) >= 11 is 0. The van der Waals surface area contributed by atoms with Gasteiger partial charge in [0, 0.05) is 42.5 Å². The lowest BCUT2D eigenvalue weighted by atomic mass is 10.1. The van der Waals surface area contributed by atoms with E-state index in [1.54, 1.807) is 14.2 Å². The predicted molar refractivity (Wildman–Crippen MR) is 85.2 cm³/mol. The molecule has 0 aromatic carbocycles. The highest BCUT2D eigenvalue weighted by atomic mass is 16.8. The van der Waals surface area contributed by atoms with E-state index in [0.29, 0.717) is 6.61 Å². The molecular formula is C16H28O10. The summed E-state index contributed by atoms with van der Waals surface area (Å²) in [5.74, 6) is -0.516. The minimum atomic E-state index is -1.01. The molecule has 2 rings (SSSR count). The second-order valence-electron chi connectivity index (χ2n) is 5.92. The molecule has 2 heterocycles. The molecule has 0 aliphatic carbocycles. The van der Waals surface area contributed by atoms with E-state index in [-0.39, 0.29) is 6.10 Å². The van der Waals surface area contributed by atoms with Crippen molar-refractivity contribution >= 4 is 5.97 Å². The molecule has 2 aliphatic heterocycles. The molecule has 10 heteroatoms. The van der Waals surface area contributed by atoms with Gasteiger partial charge in [0.05, 0.1) is 6.61 Å². The maximum absolute atomic E-state index is 11.4. The number of esters is 1. The SMILES string of the molecule is COC[C@H]1O[C@@H](O[C@@H]2[C@@H](OC(C)=O)O[C@@H](OC)[C@@H]2OC)[C@H](OC)[C@@H]1OC. The summed E-state index contributed by atoms with van der Waals surface area (Å²) in [6.45, 7) is 1.59. The van der Waals surface area contributed by atoms with Crippen LogP contribution in [0.1, 0.15) is 6.92 Å². The van der Waals surface area contributed by atoms with Crippen LogP contribution in [0.25, 0.3) is 0 Å². The normalized spacial score (nSPS) is 40.1. The summed E-state index contributed by atoms with van der Waals surface area (Å²) in [6.07, 6.45) is -5.27. The summed E-state index contributed by atoms with van der Waals surface area (Å²) in [6, 6.07) is 0. The zero-order valence-electron chi connectivity index (χ0n) is 15.9. The van der Waals surface area contributed by atoms with Gasteiger partial charge in [0.2, 0.25) is 6.29 Å². The first-order valence-electron chi connectivity index (χ1n) is 8.24. The highest BCUT2D eigenvalue weighted by Crippen LogP contribution is 2.33. The number of hydrogen-bond donors (Lipinski definition) is 0. The van der Waals surface area contributed by atoms with Crippen molar-refractivity contribution in [2.45, 2.75) is 56.3 Å². The summed E-state index contributed by atoms with van der Waals surface area (Å²) in [4.78, 5) is 11.4. The molecule has 2 saturated heterocycles. The van der Waals surface area contributed by atoms with Gasteiger partial charge in [-0.25, -0.2) is 0 Å². The van der Waals surface area contributed by atoms with E-state index in [2.05, 4.69) is 0 Å². The Balaban J connectivity index is 2.17. The van der Waals surface area contributed by atoms with Crippen LogP contribution in [0.5, 0.6) is 0 Å². The average molecular weight is 380 g/mol. The second-order valence-corrected chi connectivity index (χ2v) is 5.92. The number of hydrogen-bond acceptors (Lipinski definition) is 10. The Morgan fingerprint density at radius 1 is 0.769 bits per heavy atom. The van der Waals surface area contributed by atoms with Crippen LogP contribution in [0, 0.1) is 0 Å². The Labute approximate surface area is 152 Å². The number of ether oxygens (including phenoxy) is 9. The Bertz CT molecular complexity index is 447. The summed E-state index contributed by atoms with van der Waals surface area (Å²) in [5.41, 5.74) is 0. The molecular weight excluding hydrogens is 352 g/mol. The van der Waals surface area contributed by atoms with Crippen molar-refractivity contribution in [2.24, 2.45) is 0 Å². The van der Waals surface area contributed by atoms with Gasteiger partial charge in [-0.2, -0.15) is 0 Å². The fourth-order valence-corrected chi connectivity index (χ4v) is 3.22. The summed E-state index contributed by atoms with van der Waals surface area (Å²) < 4.78 is 49.5. The van der Waals surface area contributed by atoms with Crippen molar-refractivity contribution in [1.29, 1.82) is 0 Å². The molecule has 2 fully saturated rings. The van der Waals surface area contributed by atoms with E-state index >= 15 is 0 Å². The molecule has 152 valence electrons. The van der Waals surface area contributed by atoms with Gasteiger partial charge in [-0.15, -0.1) is 0 Å². The van der Waals surface area contributed by atoms with Gasteiger partial charge in [0.1, 0.15) is 24.4 Å². The van der Waals surface area contributed by atoms with Crippen LogP contribution in [0.3, 0.4) is 0 Å². The topological polar surface area (TPSA) is 100 Å². The van der Waals surface area contributed by atoms with Crippen LogP contribution in [-0.2, 0) is 47.4 Å². The predicted octanol–water partition coefficient (Wildman–Crippen LogP) is -0.320. The minimum absolute atomic E-state index is 0.307. The first kappa shape index (κ1) is 21.5. The monoisotopic (exact) mass is 380 g/mol. The molecule has 8 atom stereocenters.